The number of aromatic nitrogens is 8. The molecule has 0 radical (unpaired) electrons. The van der Waals surface area contributed by atoms with Gasteiger partial charge in [0.05, 0.1) is 34.4 Å². The van der Waals surface area contributed by atoms with E-state index in [1.54, 1.807) is 0 Å². The molecule has 1 aliphatic rings. The Morgan fingerprint density at radius 3 is 2.73 bits per heavy atom. The van der Waals surface area contributed by atoms with Gasteiger partial charge in [-0.3, -0.25) is 15.0 Å². The van der Waals surface area contributed by atoms with Crippen LogP contribution in [0.5, 0.6) is 0 Å². The molecule has 0 saturated carbocycles. The molecule has 1 aromatic carbocycles. The van der Waals surface area contributed by atoms with Crippen LogP contribution in [0.15, 0.2) is 61.3 Å². The fraction of sp³-hybridized carbons (Fsp3) is 0.250. The molecule has 0 atom stereocenters. The van der Waals surface area contributed by atoms with Gasteiger partial charge in [0.25, 0.3) is 0 Å². The number of aryl methyl sites for hydroxylation is 1. The molecule has 184 valence electrons. The van der Waals surface area contributed by atoms with Crippen LogP contribution in [0.2, 0.25) is 0 Å². The van der Waals surface area contributed by atoms with Crippen LogP contribution in [-0.2, 0) is 6.54 Å². The minimum absolute atomic E-state index is 0.673. The van der Waals surface area contributed by atoms with E-state index in [0.29, 0.717) is 11.5 Å². The maximum Gasteiger partial charge on any atom is 0.161 e. The van der Waals surface area contributed by atoms with Crippen LogP contribution >= 0.6 is 0 Å². The quantitative estimate of drug-likeness (QED) is 0.351. The third kappa shape index (κ3) is 4.07. The molecule has 1 aliphatic heterocycles. The van der Waals surface area contributed by atoms with Crippen LogP contribution in [0.3, 0.4) is 0 Å². The summed E-state index contributed by atoms with van der Waals surface area (Å²) in [4.78, 5) is 24.8. The van der Waals surface area contributed by atoms with E-state index in [9.17, 15) is 0 Å². The number of H-pyrrole nitrogens is 2. The van der Waals surface area contributed by atoms with E-state index < -0.39 is 0 Å². The zero-order chi connectivity index (χ0) is 24.8. The fourth-order valence-electron chi connectivity index (χ4n) is 5.21. The summed E-state index contributed by atoms with van der Waals surface area (Å²) in [6.07, 6.45) is 11.5. The summed E-state index contributed by atoms with van der Waals surface area (Å²) in [5, 5.41) is 7.69. The largest absolute Gasteiger partial charge is 0.336 e. The van der Waals surface area contributed by atoms with Gasteiger partial charge >= 0.3 is 0 Å². The lowest BCUT2D eigenvalue weighted by Crippen LogP contribution is -2.29. The first-order valence-electron chi connectivity index (χ1n) is 12.7. The number of pyridine rings is 2. The molecule has 0 spiro atoms. The molecule has 0 amide bonds. The molecular weight excluding hydrogens is 462 g/mol. The van der Waals surface area contributed by atoms with Gasteiger partial charge in [-0.1, -0.05) is 12.5 Å². The number of para-hydroxylation sites is 1. The van der Waals surface area contributed by atoms with E-state index in [0.717, 1.165) is 64.3 Å². The lowest BCUT2D eigenvalue weighted by atomic mass is 10.1. The fourth-order valence-corrected chi connectivity index (χ4v) is 5.21. The highest BCUT2D eigenvalue weighted by atomic mass is 15.2. The summed E-state index contributed by atoms with van der Waals surface area (Å²) >= 11 is 0. The van der Waals surface area contributed by atoms with Crippen LogP contribution in [0.4, 0.5) is 0 Å². The molecule has 0 unspecified atom stereocenters. The van der Waals surface area contributed by atoms with Gasteiger partial charge in [0, 0.05) is 30.7 Å². The Balaban J connectivity index is 1.26. The molecule has 2 N–H and O–H groups in total. The molecule has 9 nitrogen and oxygen atoms in total. The van der Waals surface area contributed by atoms with Gasteiger partial charge in [-0.25, -0.2) is 15.0 Å². The number of fused-ring (bicyclic) bond motifs is 2. The van der Waals surface area contributed by atoms with Gasteiger partial charge in [0.2, 0.25) is 0 Å². The van der Waals surface area contributed by atoms with E-state index in [4.69, 9.17) is 9.97 Å². The van der Waals surface area contributed by atoms with E-state index in [2.05, 4.69) is 36.1 Å². The van der Waals surface area contributed by atoms with Crippen molar-refractivity contribution in [3.05, 3.63) is 72.6 Å². The van der Waals surface area contributed by atoms with Gasteiger partial charge in [-0.05, 0) is 68.8 Å². The van der Waals surface area contributed by atoms with Crippen LogP contribution in [0, 0.1) is 6.92 Å². The van der Waals surface area contributed by atoms with Crippen molar-refractivity contribution in [1.29, 1.82) is 0 Å². The number of rotatable bonds is 5. The average Bonchev–Trinajstić information content (AvgIpc) is 3.66. The Morgan fingerprint density at radius 1 is 0.946 bits per heavy atom. The molecule has 1 fully saturated rings. The minimum atomic E-state index is 0.673. The third-order valence-corrected chi connectivity index (χ3v) is 7.06. The van der Waals surface area contributed by atoms with Gasteiger partial charge in [0.1, 0.15) is 11.0 Å². The molecule has 9 heteroatoms. The second-order valence-electron chi connectivity index (χ2n) is 9.76. The van der Waals surface area contributed by atoms with Gasteiger partial charge in [-0.15, -0.1) is 0 Å². The summed E-state index contributed by atoms with van der Waals surface area (Å²) in [6.45, 7) is 5.22. The zero-order valence-electron chi connectivity index (χ0n) is 20.6. The molecule has 6 aromatic rings. The van der Waals surface area contributed by atoms with Crippen LogP contribution in [0.25, 0.3) is 50.5 Å². The number of benzene rings is 1. The number of likely N-dealkylation sites (tertiary alicyclic amines) is 1. The van der Waals surface area contributed by atoms with Crippen molar-refractivity contribution in [1.82, 2.24) is 44.6 Å². The lowest BCUT2D eigenvalue weighted by molar-refractivity contribution is 0.220. The number of imidazole rings is 2. The van der Waals surface area contributed by atoms with Crippen molar-refractivity contribution in [3.8, 4) is 28.5 Å². The SMILES string of the molecule is Cc1cn(-c2cccc3[nH]c(-c4n[nH]c5ccc(-c6cncc(CN7CCCCC7)c6)nc45)nc23)cn1. The highest BCUT2D eigenvalue weighted by Crippen LogP contribution is 2.29. The summed E-state index contributed by atoms with van der Waals surface area (Å²) in [5.41, 5.74) is 9.13. The molecule has 5 aromatic heterocycles. The van der Waals surface area contributed by atoms with Crippen molar-refractivity contribution < 1.29 is 0 Å². The number of piperidine rings is 1. The summed E-state index contributed by atoms with van der Waals surface area (Å²) in [6, 6.07) is 12.3. The number of aromatic amines is 2. The van der Waals surface area contributed by atoms with E-state index in [-0.39, 0.29) is 0 Å². The van der Waals surface area contributed by atoms with Crippen LogP contribution < -0.4 is 0 Å². The molecule has 0 bridgehead atoms. The van der Waals surface area contributed by atoms with Crippen LogP contribution in [-0.4, -0.2) is 57.7 Å². The smallest absolute Gasteiger partial charge is 0.161 e. The van der Waals surface area contributed by atoms with Gasteiger partial charge < -0.3 is 9.55 Å². The first-order valence-corrected chi connectivity index (χ1v) is 12.7. The molecule has 7 rings (SSSR count). The number of hydrogen-bond acceptors (Lipinski definition) is 6. The summed E-state index contributed by atoms with van der Waals surface area (Å²) < 4.78 is 1.99. The maximum absolute atomic E-state index is 5.00. The highest BCUT2D eigenvalue weighted by molar-refractivity contribution is 5.93. The molecular formula is C28H27N9. The van der Waals surface area contributed by atoms with Crippen molar-refractivity contribution in [2.24, 2.45) is 0 Å². The predicted molar refractivity (Wildman–Crippen MR) is 143 cm³/mol. The predicted octanol–water partition coefficient (Wildman–Crippen LogP) is 5.04. The number of nitrogens with one attached hydrogen (secondary N) is 2. The number of hydrogen-bond donors (Lipinski definition) is 2. The second-order valence-corrected chi connectivity index (χ2v) is 9.76. The monoisotopic (exact) mass is 489 g/mol. The Bertz CT molecular complexity index is 1720. The van der Waals surface area contributed by atoms with E-state index in [1.165, 1.54) is 24.8 Å². The molecule has 37 heavy (non-hydrogen) atoms. The first-order chi connectivity index (χ1) is 18.2. The Hall–Kier alpha value is -4.37. The Labute approximate surface area is 213 Å². The molecule has 6 heterocycles. The van der Waals surface area contributed by atoms with Crippen LogP contribution in [0.1, 0.15) is 30.5 Å². The van der Waals surface area contributed by atoms with Crippen molar-refractivity contribution in [2.45, 2.75) is 32.7 Å². The van der Waals surface area contributed by atoms with Gasteiger partial charge in [0.15, 0.2) is 11.5 Å². The van der Waals surface area contributed by atoms with Crippen molar-refractivity contribution in [3.63, 3.8) is 0 Å². The first kappa shape index (κ1) is 21.9. The summed E-state index contributed by atoms with van der Waals surface area (Å²) in [5.74, 6) is 0.673. The molecule has 0 aliphatic carbocycles. The number of nitrogens with zero attached hydrogens (tertiary/aromatic N) is 7. The highest BCUT2D eigenvalue weighted by Gasteiger charge is 2.17. The maximum atomic E-state index is 5.00. The topological polar surface area (TPSA) is 104 Å². The minimum Gasteiger partial charge on any atom is -0.336 e. The lowest BCUT2D eigenvalue weighted by Gasteiger charge is -2.26. The Kier molecular flexibility index (Phi) is 5.28. The third-order valence-electron chi connectivity index (χ3n) is 7.06. The average molecular weight is 490 g/mol. The summed E-state index contributed by atoms with van der Waals surface area (Å²) in [7, 11) is 0. The standard InChI is InChI=1S/C28H27N9/c1-18-15-37(17-30-18)24-7-5-6-22-25(24)33-28(32-22)27-26-23(34-35-27)9-8-21(31-26)20-12-19(13-29-14-20)16-36-10-3-2-4-11-36/h5-9,12-15,17H,2-4,10-11,16H2,1H3,(H,32,33)(H,34,35). The van der Waals surface area contributed by atoms with E-state index >= 15 is 0 Å². The van der Waals surface area contributed by atoms with Crippen molar-refractivity contribution in [2.75, 3.05) is 13.1 Å². The van der Waals surface area contributed by atoms with Gasteiger partial charge in [-0.2, -0.15) is 5.10 Å². The van der Waals surface area contributed by atoms with E-state index in [1.807, 2.05) is 66.7 Å². The Morgan fingerprint density at radius 2 is 1.86 bits per heavy atom. The molecule has 1 saturated heterocycles. The second kappa shape index (κ2) is 8.94. The van der Waals surface area contributed by atoms with Crippen molar-refractivity contribution >= 4 is 22.1 Å². The normalized spacial score (nSPS) is 14.6. The zero-order valence-corrected chi connectivity index (χ0v) is 20.6.